The number of benzene rings is 1. The van der Waals surface area contributed by atoms with E-state index in [-0.39, 0.29) is 0 Å². The Morgan fingerprint density at radius 2 is 2.32 bits per heavy atom. The average molecular weight is 273 g/mol. The molecule has 0 saturated carbocycles. The van der Waals surface area contributed by atoms with E-state index in [2.05, 4.69) is 25.9 Å². The fourth-order valence-electron chi connectivity index (χ4n) is 1.74. The number of nitrogens with one attached hydrogen (secondary N) is 1. The maximum atomic E-state index is 8.92. The van der Waals surface area contributed by atoms with Crippen LogP contribution in [-0.2, 0) is 6.54 Å². The van der Waals surface area contributed by atoms with E-state index in [1.54, 1.807) is 6.07 Å². The second-order valence-corrected chi connectivity index (χ2v) is 4.85. The Morgan fingerprint density at radius 1 is 1.47 bits per heavy atom. The van der Waals surface area contributed by atoms with Crippen molar-refractivity contribution in [1.29, 1.82) is 5.26 Å². The van der Waals surface area contributed by atoms with Crippen molar-refractivity contribution in [1.82, 2.24) is 9.59 Å². The molecule has 1 heterocycles. The summed E-state index contributed by atoms with van der Waals surface area (Å²) in [6, 6.07) is 9.68. The standard InChI is InChI=1S/C13H15N5S/c1-3-15-13-12(16-17-19-13)9-18(2)11-6-4-5-10(7-11)8-14/h4-7,15H,3,9H2,1-2H3. The van der Waals surface area contributed by atoms with E-state index in [1.807, 2.05) is 32.2 Å². The van der Waals surface area contributed by atoms with Crippen LogP contribution in [0.25, 0.3) is 0 Å². The first kappa shape index (κ1) is 13.3. The Bertz CT molecular complexity index is 587. The van der Waals surface area contributed by atoms with Crippen molar-refractivity contribution in [2.75, 3.05) is 23.8 Å². The first-order chi connectivity index (χ1) is 9.24. The zero-order valence-corrected chi connectivity index (χ0v) is 11.7. The van der Waals surface area contributed by atoms with Gasteiger partial charge in [0.05, 0.1) is 18.2 Å². The summed E-state index contributed by atoms with van der Waals surface area (Å²) in [7, 11) is 1.98. The van der Waals surface area contributed by atoms with Gasteiger partial charge >= 0.3 is 0 Å². The van der Waals surface area contributed by atoms with Gasteiger partial charge in [0.25, 0.3) is 0 Å². The quantitative estimate of drug-likeness (QED) is 0.906. The van der Waals surface area contributed by atoms with Gasteiger partial charge < -0.3 is 10.2 Å². The Kier molecular flexibility index (Phi) is 4.31. The summed E-state index contributed by atoms with van der Waals surface area (Å²) < 4.78 is 3.97. The average Bonchev–Trinajstić information content (AvgIpc) is 2.86. The normalized spacial score (nSPS) is 9.95. The van der Waals surface area contributed by atoms with Crippen molar-refractivity contribution < 1.29 is 0 Å². The SMILES string of the molecule is CCNc1snnc1CN(C)c1cccc(C#N)c1. The highest BCUT2D eigenvalue weighted by atomic mass is 32.1. The van der Waals surface area contributed by atoms with E-state index in [1.165, 1.54) is 11.5 Å². The fraction of sp³-hybridized carbons (Fsp3) is 0.308. The summed E-state index contributed by atoms with van der Waals surface area (Å²) >= 11 is 1.37. The van der Waals surface area contributed by atoms with E-state index in [0.717, 1.165) is 22.9 Å². The summed E-state index contributed by atoms with van der Waals surface area (Å²) in [4.78, 5) is 2.05. The van der Waals surface area contributed by atoms with Crippen LogP contribution in [-0.4, -0.2) is 23.2 Å². The van der Waals surface area contributed by atoms with Gasteiger partial charge in [0.2, 0.25) is 0 Å². The molecule has 19 heavy (non-hydrogen) atoms. The topological polar surface area (TPSA) is 64.8 Å². The van der Waals surface area contributed by atoms with Crippen LogP contribution in [0.1, 0.15) is 18.2 Å². The Morgan fingerprint density at radius 3 is 3.05 bits per heavy atom. The summed E-state index contributed by atoms with van der Waals surface area (Å²) in [6.07, 6.45) is 0. The molecule has 6 heteroatoms. The number of nitriles is 1. The number of anilines is 2. The lowest BCUT2D eigenvalue weighted by atomic mass is 10.2. The summed E-state index contributed by atoms with van der Waals surface area (Å²) in [5.74, 6) is 0. The van der Waals surface area contributed by atoms with Crippen LogP contribution in [0.4, 0.5) is 10.7 Å². The van der Waals surface area contributed by atoms with Crippen molar-refractivity contribution in [3.8, 4) is 6.07 Å². The molecule has 0 aliphatic heterocycles. The highest BCUT2D eigenvalue weighted by Crippen LogP contribution is 2.22. The molecule has 2 aromatic rings. The molecule has 1 aromatic carbocycles. The van der Waals surface area contributed by atoms with Crippen LogP contribution < -0.4 is 10.2 Å². The lowest BCUT2D eigenvalue weighted by Gasteiger charge is -2.18. The first-order valence-corrected chi connectivity index (χ1v) is 6.78. The second kappa shape index (κ2) is 6.16. The van der Waals surface area contributed by atoms with Gasteiger partial charge in [-0.25, -0.2) is 0 Å². The van der Waals surface area contributed by atoms with Gasteiger partial charge in [0.1, 0.15) is 10.7 Å². The Hall–Kier alpha value is -2.13. The molecule has 1 aromatic heterocycles. The van der Waals surface area contributed by atoms with Crippen LogP contribution in [0.15, 0.2) is 24.3 Å². The van der Waals surface area contributed by atoms with Crippen molar-refractivity contribution in [3.05, 3.63) is 35.5 Å². The second-order valence-electron chi connectivity index (χ2n) is 4.10. The molecule has 0 atom stereocenters. The van der Waals surface area contributed by atoms with Crippen LogP contribution in [0.5, 0.6) is 0 Å². The van der Waals surface area contributed by atoms with Crippen LogP contribution >= 0.6 is 11.5 Å². The van der Waals surface area contributed by atoms with E-state index in [0.29, 0.717) is 12.1 Å². The number of hydrogen-bond donors (Lipinski definition) is 1. The molecule has 0 unspecified atom stereocenters. The van der Waals surface area contributed by atoms with Crippen LogP contribution in [0.2, 0.25) is 0 Å². The Balaban J connectivity index is 2.14. The third-order valence-corrected chi connectivity index (χ3v) is 3.42. The first-order valence-electron chi connectivity index (χ1n) is 6.01. The van der Waals surface area contributed by atoms with Gasteiger partial charge in [-0.05, 0) is 25.1 Å². The molecule has 0 fully saturated rings. The molecule has 0 saturated heterocycles. The van der Waals surface area contributed by atoms with Crippen molar-refractivity contribution in [2.45, 2.75) is 13.5 Å². The largest absolute Gasteiger partial charge is 0.374 e. The minimum Gasteiger partial charge on any atom is -0.374 e. The molecule has 5 nitrogen and oxygen atoms in total. The fourth-order valence-corrected chi connectivity index (χ4v) is 2.38. The van der Waals surface area contributed by atoms with E-state index >= 15 is 0 Å². The van der Waals surface area contributed by atoms with Gasteiger partial charge in [-0.2, -0.15) is 5.26 Å². The molecule has 0 aliphatic rings. The zero-order chi connectivity index (χ0) is 13.7. The highest BCUT2D eigenvalue weighted by Gasteiger charge is 2.10. The number of aromatic nitrogens is 2. The molecule has 0 spiro atoms. The Labute approximate surface area is 116 Å². The summed E-state index contributed by atoms with van der Waals surface area (Å²) in [5, 5.41) is 17.3. The molecule has 0 bridgehead atoms. The lowest BCUT2D eigenvalue weighted by Crippen LogP contribution is -2.17. The van der Waals surface area contributed by atoms with Crippen LogP contribution in [0.3, 0.4) is 0 Å². The number of hydrogen-bond acceptors (Lipinski definition) is 6. The molecule has 0 radical (unpaired) electrons. The molecule has 0 aliphatic carbocycles. The van der Waals surface area contributed by atoms with E-state index < -0.39 is 0 Å². The predicted molar refractivity (Wildman–Crippen MR) is 77.3 cm³/mol. The van der Waals surface area contributed by atoms with Gasteiger partial charge in [0.15, 0.2) is 0 Å². The molecule has 1 N–H and O–H groups in total. The molecular formula is C13H15N5S. The van der Waals surface area contributed by atoms with Crippen molar-refractivity contribution in [3.63, 3.8) is 0 Å². The molecule has 2 rings (SSSR count). The van der Waals surface area contributed by atoms with Gasteiger partial charge in [-0.1, -0.05) is 10.6 Å². The summed E-state index contributed by atoms with van der Waals surface area (Å²) in [5.41, 5.74) is 2.58. The minimum atomic E-state index is 0.660. The maximum Gasteiger partial charge on any atom is 0.135 e. The van der Waals surface area contributed by atoms with Gasteiger partial charge in [-0.3, -0.25) is 0 Å². The maximum absolute atomic E-state index is 8.92. The van der Waals surface area contributed by atoms with Crippen LogP contribution in [0, 0.1) is 11.3 Å². The minimum absolute atomic E-state index is 0.660. The smallest absolute Gasteiger partial charge is 0.135 e. The monoisotopic (exact) mass is 273 g/mol. The predicted octanol–water partition coefficient (Wildman–Crippen LogP) is 2.48. The number of nitrogens with zero attached hydrogens (tertiary/aromatic N) is 4. The summed E-state index contributed by atoms with van der Waals surface area (Å²) in [6.45, 7) is 3.56. The molecule has 0 amide bonds. The van der Waals surface area contributed by atoms with E-state index in [9.17, 15) is 0 Å². The van der Waals surface area contributed by atoms with Crippen molar-refractivity contribution >= 4 is 22.2 Å². The third-order valence-electron chi connectivity index (χ3n) is 2.70. The van der Waals surface area contributed by atoms with Crippen molar-refractivity contribution in [2.24, 2.45) is 0 Å². The van der Waals surface area contributed by atoms with E-state index in [4.69, 9.17) is 5.26 Å². The molecular weight excluding hydrogens is 258 g/mol. The highest BCUT2D eigenvalue weighted by molar-refractivity contribution is 7.10. The zero-order valence-electron chi connectivity index (χ0n) is 10.9. The molecule has 98 valence electrons. The third kappa shape index (κ3) is 3.20. The lowest BCUT2D eigenvalue weighted by molar-refractivity contribution is 0.872. The van der Waals surface area contributed by atoms with Gasteiger partial charge in [0, 0.05) is 30.8 Å². The number of rotatable bonds is 5. The van der Waals surface area contributed by atoms with Gasteiger partial charge in [-0.15, -0.1) is 5.10 Å².